The van der Waals surface area contributed by atoms with E-state index in [0.29, 0.717) is 18.2 Å². The first-order valence-corrected chi connectivity index (χ1v) is 6.75. The van der Waals surface area contributed by atoms with Gasteiger partial charge in [-0.25, -0.2) is 13.6 Å². The number of thioether (sulfide) groups is 1. The molecule has 4 nitrogen and oxygen atoms in total. The molecule has 1 heterocycles. The van der Waals surface area contributed by atoms with Gasteiger partial charge in [0.05, 0.1) is 11.3 Å². The van der Waals surface area contributed by atoms with Crippen molar-refractivity contribution in [3.63, 3.8) is 0 Å². The van der Waals surface area contributed by atoms with Gasteiger partial charge in [-0.15, -0.1) is 0 Å². The Bertz CT molecular complexity index is 530. The number of amides is 1. The van der Waals surface area contributed by atoms with Gasteiger partial charge in [0, 0.05) is 17.7 Å². The number of hydrogen-bond donors (Lipinski definition) is 2. The third-order valence-corrected chi connectivity index (χ3v) is 4.01. The maximum atomic E-state index is 13.5. The monoisotopic (exact) mass is 287 g/mol. The molecule has 1 aromatic rings. The zero-order chi connectivity index (χ0) is 14.0. The fourth-order valence-electron chi connectivity index (χ4n) is 1.78. The van der Waals surface area contributed by atoms with Gasteiger partial charge in [0.2, 0.25) is 5.91 Å². The summed E-state index contributed by atoms with van der Waals surface area (Å²) in [7, 11) is 0. The Morgan fingerprint density at radius 3 is 2.63 bits per heavy atom. The van der Waals surface area contributed by atoms with E-state index in [2.05, 4.69) is 5.32 Å². The summed E-state index contributed by atoms with van der Waals surface area (Å²) in [6, 6.07) is 1.26. The van der Waals surface area contributed by atoms with E-state index >= 15 is 0 Å². The van der Waals surface area contributed by atoms with Gasteiger partial charge in [-0.2, -0.15) is 11.8 Å². The van der Waals surface area contributed by atoms with Crippen LogP contribution >= 0.6 is 11.8 Å². The molecule has 1 aliphatic rings. The summed E-state index contributed by atoms with van der Waals surface area (Å²) in [5, 5.41) is 11.1. The highest BCUT2D eigenvalue weighted by atomic mass is 32.2. The highest BCUT2D eigenvalue weighted by Crippen LogP contribution is 2.26. The molecule has 0 saturated carbocycles. The molecular formula is C12H11F2NO3S. The van der Waals surface area contributed by atoms with Crippen molar-refractivity contribution in [3.05, 3.63) is 29.3 Å². The molecule has 1 atom stereocenters. The predicted molar refractivity (Wildman–Crippen MR) is 67.4 cm³/mol. The molecule has 0 bridgehead atoms. The average Bonchev–Trinajstić information content (AvgIpc) is 2.85. The molecular weight excluding hydrogens is 276 g/mol. The minimum absolute atomic E-state index is 0.220. The Morgan fingerprint density at radius 2 is 2.05 bits per heavy atom. The number of rotatable bonds is 3. The highest BCUT2D eigenvalue weighted by molar-refractivity contribution is 7.99. The summed E-state index contributed by atoms with van der Waals surface area (Å²) in [6.07, 6.45) is 0.700. The lowest BCUT2D eigenvalue weighted by Crippen LogP contribution is -2.23. The van der Waals surface area contributed by atoms with Crippen molar-refractivity contribution in [1.82, 2.24) is 0 Å². The van der Waals surface area contributed by atoms with Crippen LogP contribution in [-0.2, 0) is 4.79 Å². The van der Waals surface area contributed by atoms with E-state index in [1.165, 1.54) is 0 Å². The molecule has 1 aliphatic heterocycles. The zero-order valence-electron chi connectivity index (χ0n) is 9.78. The molecule has 1 saturated heterocycles. The van der Waals surface area contributed by atoms with Crippen LogP contribution in [0.3, 0.4) is 0 Å². The lowest BCUT2D eigenvalue weighted by atomic mass is 10.1. The van der Waals surface area contributed by atoms with Crippen molar-refractivity contribution in [2.75, 3.05) is 16.8 Å². The molecule has 0 aliphatic carbocycles. The summed E-state index contributed by atoms with van der Waals surface area (Å²) in [5.41, 5.74) is -0.974. The Labute approximate surface area is 112 Å². The predicted octanol–water partition coefficient (Wildman–Crippen LogP) is 2.35. The number of halogens is 2. The van der Waals surface area contributed by atoms with Gasteiger partial charge in [-0.3, -0.25) is 4.79 Å². The van der Waals surface area contributed by atoms with Crippen LogP contribution in [0.2, 0.25) is 0 Å². The van der Waals surface area contributed by atoms with Gasteiger partial charge in [0.15, 0.2) is 0 Å². The second-order valence-corrected chi connectivity index (χ2v) is 5.32. The Morgan fingerprint density at radius 1 is 1.32 bits per heavy atom. The molecule has 2 rings (SSSR count). The van der Waals surface area contributed by atoms with Crippen LogP contribution in [0, 0.1) is 17.6 Å². The lowest BCUT2D eigenvalue weighted by Gasteiger charge is -2.11. The second-order valence-electron chi connectivity index (χ2n) is 4.17. The van der Waals surface area contributed by atoms with E-state index < -0.39 is 23.2 Å². The molecule has 0 spiro atoms. The van der Waals surface area contributed by atoms with Gasteiger partial charge in [-0.05, 0) is 18.2 Å². The molecule has 0 radical (unpaired) electrons. The minimum atomic E-state index is -1.51. The average molecular weight is 287 g/mol. The maximum absolute atomic E-state index is 13.5. The van der Waals surface area contributed by atoms with Crippen molar-refractivity contribution in [2.24, 2.45) is 5.92 Å². The first-order valence-electron chi connectivity index (χ1n) is 5.60. The van der Waals surface area contributed by atoms with E-state index in [0.717, 1.165) is 11.8 Å². The van der Waals surface area contributed by atoms with Gasteiger partial charge >= 0.3 is 5.97 Å². The molecule has 1 amide bonds. The van der Waals surface area contributed by atoms with E-state index in [1.54, 1.807) is 11.8 Å². The van der Waals surface area contributed by atoms with Crippen molar-refractivity contribution >= 4 is 29.3 Å². The third kappa shape index (κ3) is 3.04. The Hall–Kier alpha value is -1.63. The van der Waals surface area contributed by atoms with Crippen LogP contribution in [0.25, 0.3) is 0 Å². The maximum Gasteiger partial charge on any atom is 0.338 e. The standard InChI is InChI=1S/C12H11F2NO3S/c13-8-4-9(14)10(3-7(8)12(17)18)15-11(16)6-1-2-19-5-6/h3-4,6H,1-2,5H2,(H,15,16)(H,17,18). The highest BCUT2D eigenvalue weighted by Gasteiger charge is 2.24. The van der Waals surface area contributed by atoms with Gasteiger partial charge in [0.1, 0.15) is 11.6 Å². The third-order valence-electron chi connectivity index (χ3n) is 2.85. The number of carboxylic acids is 1. The van der Waals surface area contributed by atoms with E-state index in [9.17, 15) is 18.4 Å². The first kappa shape index (κ1) is 13.8. The summed E-state index contributed by atoms with van der Waals surface area (Å²) in [6.45, 7) is 0. The smallest absolute Gasteiger partial charge is 0.338 e. The van der Waals surface area contributed by atoms with Gasteiger partial charge in [-0.1, -0.05) is 0 Å². The number of anilines is 1. The van der Waals surface area contributed by atoms with Crippen LogP contribution in [0.5, 0.6) is 0 Å². The van der Waals surface area contributed by atoms with Gasteiger partial charge in [0.25, 0.3) is 0 Å². The normalized spacial score (nSPS) is 18.3. The molecule has 1 unspecified atom stereocenters. The number of aromatic carboxylic acids is 1. The summed E-state index contributed by atoms with van der Waals surface area (Å²) >= 11 is 1.63. The van der Waals surface area contributed by atoms with Crippen molar-refractivity contribution in [1.29, 1.82) is 0 Å². The largest absolute Gasteiger partial charge is 0.478 e. The second kappa shape index (κ2) is 5.56. The first-order chi connectivity index (χ1) is 8.99. The number of carbonyl (C=O) groups excluding carboxylic acids is 1. The topological polar surface area (TPSA) is 66.4 Å². The molecule has 19 heavy (non-hydrogen) atoms. The number of hydrogen-bond acceptors (Lipinski definition) is 3. The summed E-state index contributed by atoms with van der Waals surface area (Å²) in [4.78, 5) is 22.5. The molecule has 0 aromatic heterocycles. The summed E-state index contributed by atoms with van der Waals surface area (Å²) in [5.74, 6) is -2.73. The van der Waals surface area contributed by atoms with E-state index in [-0.39, 0.29) is 17.5 Å². The van der Waals surface area contributed by atoms with Crippen molar-refractivity contribution in [3.8, 4) is 0 Å². The zero-order valence-corrected chi connectivity index (χ0v) is 10.6. The molecule has 1 aromatic carbocycles. The number of benzene rings is 1. The van der Waals surface area contributed by atoms with E-state index in [1.807, 2.05) is 0 Å². The lowest BCUT2D eigenvalue weighted by molar-refractivity contribution is -0.119. The SMILES string of the molecule is O=C(O)c1cc(NC(=O)C2CCSC2)c(F)cc1F. The number of nitrogens with one attached hydrogen (secondary N) is 1. The van der Waals surface area contributed by atoms with Crippen LogP contribution in [-0.4, -0.2) is 28.5 Å². The van der Waals surface area contributed by atoms with Crippen LogP contribution in [0.15, 0.2) is 12.1 Å². The number of carbonyl (C=O) groups is 2. The van der Waals surface area contributed by atoms with Crippen LogP contribution in [0.1, 0.15) is 16.8 Å². The molecule has 1 fully saturated rings. The summed E-state index contributed by atoms with van der Waals surface area (Å²) < 4.78 is 26.7. The quantitative estimate of drug-likeness (QED) is 0.895. The minimum Gasteiger partial charge on any atom is -0.478 e. The molecule has 102 valence electrons. The Kier molecular flexibility index (Phi) is 4.04. The Balaban J connectivity index is 2.21. The van der Waals surface area contributed by atoms with E-state index in [4.69, 9.17) is 5.11 Å². The van der Waals surface area contributed by atoms with Crippen molar-refractivity contribution in [2.45, 2.75) is 6.42 Å². The van der Waals surface area contributed by atoms with Gasteiger partial charge < -0.3 is 10.4 Å². The van der Waals surface area contributed by atoms with Crippen LogP contribution < -0.4 is 5.32 Å². The van der Waals surface area contributed by atoms with Crippen molar-refractivity contribution < 1.29 is 23.5 Å². The fourth-order valence-corrected chi connectivity index (χ4v) is 3.01. The molecule has 2 N–H and O–H groups in total. The number of carboxylic acid groups (broad SMARTS) is 1. The van der Waals surface area contributed by atoms with Crippen LogP contribution in [0.4, 0.5) is 14.5 Å². The fraction of sp³-hybridized carbons (Fsp3) is 0.333. The molecule has 7 heteroatoms.